The Balaban J connectivity index is 1.89. The molecule has 108 valence electrons. The molecule has 1 aromatic carbocycles. The average Bonchev–Trinajstić information content (AvgIpc) is 2.78. The molecule has 1 aromatic rings. The molecule has 20 heavy (non-hydrogen) atoms. The van der Waals surface area contributed by atoms with Gasteiger partial charge in [0.05, 0.1) is 11.5 Å². The minimum Gasteiger partial charge on any atom is -0.493 e. The van der Waals surface area contributed by atoms with E-state index in [0.29, 0.717) is 19.7 Å². The van der Waals surface area contributed by atoms with Crippen LogP contribution in [0.25, 0.3) is 0 Å². The number of hydrogen-bond acceptors (Lipinski definition) is 4. The molecule has 1 amide bonds. The first-order valence-corrected chi connectivity index (χ1v) is 8.04. The molecule has 0 aromatic heterocycles. The van der Waals surface area contributed by atoms with E-state index in [1.165, 1.54) is 4.31 Å². The lowest BCUT2D eigenvalue weighted by Crippen LogP contribution is -2.34. The Labute approximate surface area is 117 Å². The summed E-state index contributed by atoms with van der Waals surface area (Å²) in [5.41, 5.74) is 0.926. The highest BCUT2D eigenvalue weighted by molar-refractivity contribution is 7.89. The molecule has 1 N–H and O–H groups in total. The van der Waals surface area contributed by atoms with Crippen LogP contribution in [0.1, 0.15) is 12.0 Å². The summed E-state index contributed by atoms with van der Waals surface area (Å²) >= 11 is 0. The van der Waals surface area contributed by atoms with Gasteiger partial charge in [-0.2, -0.15) is 4.31 Å². The maximum Gasteiger partial charge on any atom is 0.243 e. The van der Waals surface area contributed by atoms with Crippen LogP contribution in [-0.4, -0.2) is 44.9 Å². The van der Waals surface area contributed by atoms with Crippen LogP contribution in [0, 0.1) is 0 Å². The van der Waals surface area contributed by atoms with E-state index in [0.717, 1.165) is 17.7 Å². The molecule has 0 spiro atoms. The number of ether oxygens (including phenoxy) is 1. The molecule has 3 rings (SSSR count). The van der Waals surface area contributed by atoms with Crippen molar-refractivity contribution in [1.29, 1.82) is 0 Å². The minimum absolute atomic E-state index is 0.106. The van der Waals surface area contributed by atoms with Gasteiger partial charge in [0, 0.05) is 32.5 Å². The molecule has 7 heteroatoms. The van der Waals surface area contributed by atoms with Gasteiger partial charge in [0.15, 0.2) is 0 Å². The number of amides is 1. The van der Waals surface area contributed by atoms with Gasteiger partial charge in [-0.25, -0.2) is 8.42 Å². The highest BCUT2D eigenvalue weighted by atomic mass is 32.2. The standard InChI is InChI=1S/C13H16N2O4S/c16-13-3-6-15(7-5-14-13)20(17,18)11-1-2-12-10(9-11)4-8-19-12/h1-2,9H,3-8H2,(H,14,16). The molecule has 2 aliphatic rings. The molecule has 0 aliphatic carbocycles. The average molecular weight is 296 g/mol. The fourth-order valence-corrected chi connectivity index (χ4v) is 3.95. The number of rotatable bonds is 2. The van der Waals surface area contributed by atoms with Gasteiger partial charge < -0.3 is 10.1 Å². The van der Waals surface area contributed by atoms with Crippen LogP contribution >= 0.6 is 0 Å². The van der Waals surface area contributed by atoms with Crippen molar-refractivity contribution in [2.75, 3.05) is 26.2 Å². The van der Waals surface area contributed by atoms with Crippen molar-refractivity contribution in [1.82, 2.24) is 9.62 Å². The van der Waals surface area contributed by atoms with E-state index in [-0.39, 0.29) is 23.8 Å². The maximum atomic E-state index is 12.6. The van der Waals surface area contributed by atoms with Crippen molar-refractivity contribution < 1.29 is 17.9 Å². The summed E-state index contributed by atoms with van der Waals surface area (Å²) in [7, 11) is -3.54. The molecule has 2 heterocycles. The van der Waals surface area contributed by atoms with Gasteiger partial charge in [0.1, 0.15) is 5.75 Å². The predicted molar refractivity (Wildman–Crippen MR) is 72.0 cm³/mol. The second-order valence-electron chi connectivity index (χ2n) is 4.87. The first kappa shape index (κ1) is 13.4. The molecular formula is C13H16N2O4S. The number of benzene rings is 1. The fraction of sp³-hybridized carbons (Fsp3) is 0.462. The molecule has 0 radical (unpaired) electrons. The first-order valence-electron chi connectivity index (χ1n) is 6.60. The van der Waals surface area contributed by atoms with Gasteiger partial charge in [-0.1, -0.05) is 0 Å². The molecule has 0 bridgehead atoms. The summed E-state index contributed by atoms with van der Waals surface area (Å²) in [4.78, 5) is 11.6. The zero-order chi connectivity index (χ0) is 14.2. The van der Waals surface area contributed by atoms with E-state index >= 15 is 0 Å². The smallest absolute Gasteiger partial charge is 0.243 e. The van der Waals surface area contributed by atoms with Gasteiger partial charge in [-0.05, 0) is 23.8 Å². The number of nitrogens with one attached hydrogen (secondary N) is 1. The Morgan fingerprint density at radius 2 is 2.05 bits per heavy atom. The Morgan fingerprint density at radius 1 is 1.20 bits per heavy atom. The number of carbonyl (C=O) groups excluding carboxylic acids is 1. The predicted octanol–water partition coefficient (Wildman–Crippen LogP) is 0.132. The van der Waals surface area contributed by atoms with E-state index in [9.17, 15) is 13.2 Å². The van der Waals surface area contributed by atoms with Gasteiger partial charge in [-0.3, -0.25) is 4.79 Å². The molecule has 1 fully saturated rings. The lowest BCUT2D eigenvalue weighted by Gasteiger charge is -2.19. The van der Waals surface area contributed by atoms with Crippen molar-refractivity contribution >= 4 is 15.9 Å². The van der Waals surface area contributed by atoms with Gasteiger partial charge in [0.25, 0.3) is 0 Å². The van der Waals surface area contributed by atoms with Crippen molar-refractivity contribution in [3.63, 3.8) is 0 Å². The number of fused-ring (bicyclic) bond motifs is 1. The topological polar surface area (TPSA) is 75.7 Å². The third-order valence-corrected chi connectivity index (χ3v) is 5.46. The van der Waals surface area contributed by atoms with Crippen molar-refractivity contribution in [3.05, 3.63) is 23.8 Å². The summed E-state index contributed by atoms with van der Waals surface area (Å²) in [6.45, 7) is 1.48. The van der Waals surface area contributed by atoms with Crippen LogP contribution < -0.4 is 10.1 Å². The highest BCUT2D eigenvalue weighted by Gasteiger charge is 2.28. The molecule has 6 nitrogen and oxygen atoms in total. The minimum atomic E-state index is -3.54. The third kappa shape index (κ3) is 2.38. The summed E-state index contributed by atoms with van der Waals surface area (Å²) in [5.74, 6) is 0.654. The second kappa shape index (κ2) is 5.06. The Morgan fingerprint density at radius 3 is 2.90 bits per heavy atom. The number of sulfonamides is 1. The van der Waals surface area contributed by atoms with Crippen molar-refractivity contribution in [2.24, 2.45) is 0 Å². The molecule has 0 saturated carbocycles. The van der Waals surface area contributed by atoms with Crippen LogP contribution in [0.2, 0.25) is 0 Å². The van der Waals surface area contributed by atoms with E-state index in [1.807, 2.05) is 0 Å². The number of carbonyl (C=O) groups is 1. The molecule has 2 aliphatic heterocycles. The van der Waals surface area contributed by atoms with E-state index in [4.69, 9.17) is 4.74 Å². The molecule has 0 unspecified atom stereocenters. The van der Waals surface area contributed by atoms with Gasteiger partial charge in [-0.15, -0.1) is 0 Å². The summed E-state index contributed by atoms with van der Waals surface area (Å²) in [6, 6.07) is 4.95. The van der Waals surface area contributed by atoms with E-state index < -0.39 is 10.0 Å². The summed E-state index contributed by atoms with van der Waals surface area (Å²) in [5, 5.41) is 2.67. The van der Waals surface area contributed by atoms with E-state index in [1.54, 1.807) is 18.2 Å². The largest absolute Gasteiger partial charge is 0.493 e. The zero-order valence-corrected chi connectivity index (χ0v) is 11.8. The van der Waals surface area contributed by atoms with Crippen LogP contribution in [-0.2, 0) is 21.2 Å². The molecule has 0 atom stereocenters. The third-order valence-electron chi connectivity index (χ3n) is 3.57. The first-order chi connectivity index (χ1) is 9.57. The van der Waals surface area contributed by atoms with Crippen LogP contribution in [0.15, 0.2) is 23.1 Å². The normalized spacial score (nSPS) is 19.9. The molecule has 1 saturated heterocycles. The Kier molecular flexibility index (Phi) is 3.39. The Bertz CT molecular complexity index is 642. The van der Waals surface area contributed by atoms with Crippen LogP contribution in [0.3, 0.4) is 0 Å². The maximum absolute atomic E-state index is 12.6. The van der Waals surface area contributed by atoms with Crippen LogP contribution in [0.5, 0.6) is 5.75 Å². The second-order valence-corrected chi connectivity index (χ2v) is 6.81. The van der Waals surface area contributed by atoms with Crippen molar-refractivity contribution in [3.8, 4) is 5.75 Å². The summed E-state index contributed by atoms with van der Waals surface area (Å²) < 4.78 is 31.9. The van der Waals surface area contributed by atoms with Crippen LogP contribution in [0.4, 0.5) is 0 Å². The lowest BCUT2D eigenvalue weighted by molar-refractivity contribution is -0.120. The quantitative estimate of drug-likeness (QED) is 0.842. The Hall–Kier alpha value is -1.60. The van der Waals surface area contributed by atoms with Gasteiger partial charge in [0.2, 0.25) is 15.9 Å². The lowest BCUT2D eigenvalue weighted by atomic mass is 10.2. The number of hydrogen-bond donors (Lipinski definition) is 1. The van der Waals surface area contributed by atoms with Gasteiger partial charge >= 0.3 is 0 Å². The number of nitrogens with zero attached hydrogens (tertiary/aromatic N) is 1. The SMILES string of the molecule is O=C1CCN(S(=O)(=O)c2ccc3c(c2)CCO3)CCN1. The molecular weight excluding hydrogens is 280 g/mol. The highest BCUT2D eigenvalue weighted by Crippen LogP contribution is 2.28. The van der Waals surface area contributed by atoms with E-state index in [2.05, 4.69) is 5.32 Å². The van der Waals surface area contributed by atoms with Crippen molar-refractivity contribution in [2.45, 2.75) is 17.7 Å². The fourth-order valence-electron chi connectivity index (χ4n) is 2.46. The monoisotopic (exact) mass is 296 g/mol. The zero-order valence-electron chi connectivity index (χ0n) is 11.0. The summed E-state index contributed by atoms with van der Waals surface area (Å²) in [6.07, 6.45) is 0.937.